The number of anilines is 4. The lowest BCUT2D eigenvalue weighted by Gasteiger charge is -2.38. The van der Waals surface area contributed by atoms with E-state index in [2.05, 4.69) is 20.4 Å². The van der Waals surface area contributed by atoms with Crippen molar-refractivity contribution in [2.24, 2.45) is 0 Å². The number of nitrogens with zero attached hydrogens (tertiary/aromatic N) is 2. The maximum Gasteiger partial charge on any atom is 0.338 e. The zero-order chi connectivity index (χ0) is 23.9. The van der Waals surface area contributed by atoms with Crippen molar-refractivity contribution in [2.45, 2.75) is 6.92 Å². The third kappa shape index (κ3) is 5.64. The van der Waals surface area contributed by atoms with Crippen LogP contribution in [0.5, 0.6) is 0 Å². The molecule has 4 rings (SSSR count). The van der Waals surface area contributed by atoms with Gasteiger partial charge in [0, 0.05) is 37.6 Å². The van der Waals surface area contributed by atoms with Crippen molar-refractivity contribution in [3.05, 3.63) is 84.2 Å². The number of nitrogens with one attached hydrogen (secondary N) is 2. The van der Waals surface area contributed by atoms with E-state index in [0.29, 0.717) is 30.0 Å². The van der Waals surface area contributed by atoms with Crippen molar-refractivity contribution in [3.63, 3.8) is 0 Å². The summed E-state index contributed by atoms with van der Waals surface area (Å²) in [5, 5.41) is 5.69. The van der Waals surface area contributed by atoms with Gasteiger partial charge in [-0.3, -0.25) is 0 Å². The van der Waals surface area contributed by atoms with E-state index in [0.717, 1.165) is 24.5 Å². The molecule has 1 saturated heterocycles. The van der Waals surface area contributed by atoms with Crippen molar-refractivity contribution in [3.8, 4) is 0 Å². The molecule has 3 aromatic rings. The standard InChI is InChI=1S/C26H27FN4O3/c1-2-34-25(32)19-8-13-24(23(18-19)29-26(33)28-21-6-4-3-5-7-21)31-16-14-30(15-17-31)22-11-9-20(27)10-12-22/h3-13,18H,2,14-17H2,1H3,(H2,28,29,33). The Labute approximate surface area is 198 Å². The zero-order valence-electron chi connectivity index (χ0n) is 19.0. The topological polar surface area (TPSA) is 73.9 Å². The highest BCUT2D eigenvalue weighted by Crippen LogP contribution is 2.30. The number of ether oxygens (including phenoxy) is 1. The Bertz CT molecular complexity index is 1130. The fraction of sp³-hybridized carbons (Fsp3) is 0.231. The van der Waals surface area contributed by atoms with Gasteiger partial charge in [0.2, 0.25) is 0 Å². The molecule has 3 aromatic carbocycles. The Balaban J connectivity index is 1.51. The lowest BCUT2D eigenvalue weighted by molar-refractivity contribution is 0.0526. The lowest BCUT2D eigenvalue weighted by Crippen LogP contribution is -2.46. The van der Waals surface area contributed by atoms with Crippen LogP contribution in [0.4, 0.5) is 31.9 Å². The molecule has 0 aromatic heterocycles. The summed E-state index contributed by atoms with van der Waals surface area (Å²) < 4.78 is 18.4. The highest BCUT2D eigenvalue weighted by atomic mass is 19.1. The predicted octanol–water partition coefficient (Wildman–Crippen LogP) is 4.97. The molecule has 1 aliphatic heterocycles. The zero-order valence-corrected chi connectivity index (χ0v) is 19.0. The third-order valence-electron chi connectivity index (χ3n) is 5.60. The van der Waals surface area contributed by atoms with Crippen LogP contribution in [-0.4, -0.2) is 44.8 Å². The van der Waals surface area contributed by atoms with E-state index >= 15 is 0 Å². The second-order valence-corrected chi connectivity index (χ2v) is 7.85. The average molecular weight is 463 g/mol. The minimum Gasteiger partial charge on any atom is -0.462 e. The number of rotatable bonds is 6. The Hall–Kier alpha value is -4.07. The summed E-state index contributed by atoms with van der Waals surface area (Å²) in [6, 6.07) is 20.4. The van der Waals surface area contributed by atoms with Crippen LogP contribution < -0.4 is 20.4 Å². The normalized spacial score (nSPS) is 13.4. The number of benzene rings is 3. The van der Waals surface area contributed by atoms with Crippen molar-refractivity contribution >= 4 is 34.7 Å². The molecule has 0 radical (unpaired) electrons. The summed E-state index contributed by atoms with van der Waals surface area (Å²) in [7, 11) is 0. The Morgan fingerprint density at radius 3 is 2.24 bits per heavy atom. The molecule has 1 heterocycles. The number of piperazine rings is 1. The van der Waals surface area contributed by atoms with Crippen LogP contribution in [0.3, 0.4) is 0 Å². The van der Waals surface area contributed by atoms with Gasteiger partial charge in [-0.05, 0) is 61.5 Å². The van der Waals surface area contributed by atoms with Gasteiger partial charge in [-0.2, -0.15) is 0 Å². The van der Waals surface area contributed by atoms with Gasteiger partial charge in [-0.25, -0.2) is 14.0 Å². The maximum absolute atomic E-state index is 13.3. The van der Waals surface area contributed by atoms with E-state index in [-0.39, 0.29) is 12.4 Å². The van der Waals surface area contributed by atoms with Crippen LogP contribution in [0.15, 0.2) is 72.8 Å². The van der Waals surface area contributed by atoms with Gasteiger partial charge in [0.1, 0.15) is 5.82 Å². The van der Waals surface area contributed by atoms with Crippen LogP contribution in [-0.2, 0) is 4.74 Å². The molecule has 34 heavy (non-hydrogen) atoms. The monoisotopic (exact) mass is 462 g/mol. The molecule has 0 spiro atoms. The number of hydrogen-bond acceptors (Lipinski definition) is 5. The molecular formula is C26H27FN4O3. The van der Waals surface area contributed by atoms with Crippen LogP contribution in [0.2, 0.25) is 0 Å². The second-order valence-electron chi connectivity index (χ2n) is 7.85. The average Bonchev–Trinajstić information content (AvgIpc) is 2.85. The van der Waals surface area contributed by atoms with Gasteiger partial charge >= 0.3 is 12.0 Å². The van der Waals surface area contributed by atoms with E-state index in [1.165, 1.54) is 12.1 Å². The summed E-state index contributed by atoms with van der Waals surface area (Å²) in [5.41, 5.74) is 3.34. The molecule has 0 saturated carbocycles. The minimum absolute atomic E-state index is 0.256. The molecule has 1 fully saturated rings. The molecule has 0 aliphatic carbocycles. The summed E-state index contributed by atoms with van der Waals surface area (Å²) in [5.74, 6) is -0.699. The third-order valence-corrected chi connectivity index (χ3v) is 5.60. The van der Waals surface area contributed by atoms with Gasteiger partial charge < -0.3 is 25.2 Å². The molecule has 2 N–H and O–H groups in total. The van der Waals surface area contributed by atoms with Gasteiger partial charge in [-0.1, -0.05) is 18.2 Å². The number of esters is 1. The molecule has 0 bridgehead atoms. The number of para-hydroxylation sites is 1. The van der Waals surface area contributed by atoms with Crippen molar-refractivity contribution < 1.29 is 18.7 Å². The molecule has 7 nitrogen and oxygen atoms in total. The van der Waals surface area contributed by atoms with Crippen LogP contribution in [0, 0.1) is 5.82 Å². The number of carbonyl (C=O) groups is 2. The largest absolute Gasteiger partial charge is 0.462 e. The molecular weight excluding hydrogens is 435 g/mol. The lowest BCUT2D eigenvalue weighted by atomic mass is 10.1. The first-order valence-electron chi connectivity index (χ1n) is 11.2. The van der Waals surface area contributed by atoms with E-state index in [1.807, 2.05) is 24.3 Å². The van der Waals surface area contributed by atoms with Gasteiger partial charge in [0.25, 0.3) is 0 Å². The second kappa shape index (κ2) is 10.7. The predicted molar refractivity (Wildman–Crippen MR) is 132 cm³/mol. The quantitative estimate of drug-likeness (QED) is 0.506. The Morgan fingerprint density at radius 2 is 1.56 bits per heavy atom. The maximum atomic E-state index is 13.3. The Morgan fingerprint density at radius 1 is 0.882 bits per heavy atom. The molecule has 2 amide bonds. The fourth-order valence-electron chi connectivity index (χ4n) is 3.92. The van der Waals surface area contributed by atoms with Gasteiger partial charge in [0.05, 0.1) is 23.5 Å². The number of amides is 2. The first-order chi connectivity index (χ1) is 16.5. The smallest absolute Gasteiger partial charge is 0.338 e. The van der Waals surface area contributed by atoms with Gasteiger partial charge in [0.15, 0.2) is 0 Å². The summed E-state index contributed by atoms with van der Waals surface area (Å²) in [6.45, 7) is 4.89. The van der Waals surface area contributed by atoms with Crippen LogP contribution in [0.25, 0.3) is 0 Å². The fourth-order valence-corrected chi connectivity index (χ4v) is 3.92. The summed E-state index contributed by atoms with van der Waals surface area (Å²) in [4.78, 5) is 29.3. The number of urea groups is 1. The highest BCUT2D eigenvalue weighted by molar-refractivity contribution is 6.03. The molecule has 0 unspecified atom stereocenters. The van der Waals surface area contributed by atoms with Crippen LogP contribution >= 0.6 is 0 Å². The van der Waals surface area contributed by atoms with Crippen LogP contribution in [0.1, 0.15) is 17.3 Å². The first-order valence-corrected chi connectivity index (χ1v) is 11.2. The SMILES string of the molecule is CCOC(=O)c1ccc(N2CCN(c3ccc(F)cc3)CC2)c(NC(=O)Nc2ccccc2)c1. The number of hydrogen-bond donors (Lipinski definition) is 2. The highest BCUT2D eigenvalue weighted by Gasteiger charge is 2.22. The summed E-state index contributed by atoms with van der Waals surface area (Å²) >= 11 is 0. The molecule has 8 heteroatoms. The number of halogens is 1. The van der Waals surface area contributed by atoms with E-state index in [1.54, 1.807) is 43.3 Å². The number of carbonyl (C=O) groups excluding carboxylic acids is 2. The van der Waals surface area contributed by atoms with Crippen molar-refractivity contribution in [2.75, 3.05) is 53.2 Å². The molecule has 1 aliphatic rings. The Kier molecular flexibility index (Phi) is 7.27. The van der Waals surface area contributed by atoms with E-state index < -0.39 is 12.0 Å². The minimum atomic E-state index is -0.443. The van der Waals surface area contributed by atoms with Gasteiger partial charge in [-0.15, -0.1) is 0 Å². The van der Waals surface area contributed by atoms with Crippen molar-refractivity contribution in [1.82, 2.24) is 0 Å². The first kappa shape index (κ1) is 23.1. The van der Waals surface area contributed by atoms with Crippen molar-refractivity contribution in [1.29, 1.82) is 0 Å². The van der Waals surface area contributed by atoms with E-state index in [9.17, 15) is 14.0 Å². The molecule has 0 atom stereocenters. The molecule has 176 valence electrons. The summed E-state index contributed by atoms with van der Waals surface area (Å²) in [6.07, 6.45) is 0. The van der Waals surface area contributed by atoms with E-state index in [4.69, 9.17) is 4.74 Å².